The van der Waals surface area contributed by atoms with E-state index in [1.165, 1.54) is 69.8 Å². The Labute approximate surface area is 221 Å². The molecule has 0 bridgehead atoms. The van der Waals surface area contributed by atoms with Crippen molar-refractivity contribution >= 4 is 17.5 Å². The Morgan fingerprint density at radius 3 is 2.31 bits per heavy atom. The molecule has 0 unspecified atom stereocenters. The summed E-state index contributed by atoms with van der Waals surface area (Å²) in [6.07, 6.45) is 19.2. The molecular weight excluding hydrogens is 470 g/mol. The van der Waals surface area contributed by atoms with Crippen LogP contribution >= 0.6 is 11.6 Å². The van der Waals surface area contributed by atoms with E-state index in [0.29, 0.717) is 6.04 Å². The summed E-state index contributed by atoms with van der Waals surface area (Å²) in [5, 5.41) is 8.99. The van der Waals surface area contributed by atoms with Crippen molar-refractivity contribution in [3.63, 3.8) is 0 Å². The fourth-order valence-corrected chi connectivity index (χ4v) is 7.19. The molecule has 196 valence electrons. The highest BCUT2D eigenvalue weighted by molar-refractivity contribution is 6.30. The lowest BCUT2D eigenvalue weighted by atomic mass is 9.63. The van der Waals surface area contributed by atoms with Gasteiger partial charge in [0.05, 0.1) is 6.04 Å². The molecule has 1 aromatic heterocycles. The van der Waals surface area contributed by atoms with Crippen LogP contribution in [0, 0.1) is 11.3 Å². The highest BCUT2D eigenvalue weighted by atomic mass is 35.5. The van der Waals surface area contributed by atoms with Gasteiger partial charge in [0.15, 0.2) is 0 Å². The third-order valence-electron chi connectivity index (χ3n) is 9.18. The van der Waals surface area contributed by atoms with E-state index in [0.717, 1.165) is 49.8 Å². The number of halogens is 1. The molecule has 0 spiro atoms. The lowest BCUT2D eigenvalue weighted by molar-refractivity contribution is -0.137. The number of amides is 1. The van der Waals surface area contributed by atoms with Crippen LogP contribution < -0.4 is 5.32 Å². The second-order valence-electron chi connectivity index (χ2n) is 11.5. The maximum absolute atomic E-state index is 14.0. The Morgan fingerprint density at radius 1 is 1.00 bits per heavy atom. The first kappa shape index (κ1) is 25.7. The molecule has 0 radical (unpaired) electrons. The van der Waals surface area contributed by atoms with Gasteiger partial charge >= 0.3 is 0 Å². The van der Waals surface area contributed by atoms with Crippen LogP contribution in [-0.2, 0) is 17.8 Å². The number of nitrogens with zero attached hydrogens (tertiary/aromatic N) is 4. The fraction of sp³-hybridized carbons (Fsp3) is 0.690. The number of aromatic nitrogens is 3. The highest BCUT2D eigenvalue weighted by Crippen LogP contribution is 2.47. The van der Waals surface area contributed by atoms with Crippen molar-refractivity contribution in [2.24, 2.45) is 11.3 Å². The van der Waals surface area contributed by atoms with Gasteiger partial charge in [-0.3, -0.25) is 9.48 Å². The van der Waals surface area contributed by atoms with Crippen LogP contribution in [-0.4, -0.2) is 50.7 Å². The van der Waals surface area contributed by atoms with Crippen LogP contribution in [0.4, 0.5) is 0 Å². The Bertz CT molecular complexity index is 943. The van der Waals surface area contributed by atoms with E-state index in [2.05, 4.69) is 32.4 Å². The maximum atomic E-state index is 14.0. The quantitative estimate of drug-likeness (QED) is 0.497. The smallest absolute Gasteiger partial charge is 0.240 e. The number of benzene rings is 1. The molecule has 2 saturated carbocycles. The van der Waals surface area contributed by atoms with Gasteiger partial charge in [-0.2, -0.15) is 5.10 Å². The van der Waals surface area contributed by atoms with E-state index in [-0.39, 0.29) is 17.4 Å². The van der Waals surface area contributed by atoms with Crippen molar-refractivity contribution < 1.29 is 4.79 Å². The topological polar surface area (TPSA) is 63.1 Å². The number of carbonyl (C=O) groups is 1. The fourth-order valence-electron chi connectivity index (χ4n) is 7.07. The van der Waals surface area contributed by atoms with Crippen LogP contribution in [0.15, 0.2) is 36.9 Å². The van der Waals surface area contributed by atoms with Gasteiger partial charge < -0.3 is 10.2 Å². The molecule has 3 aliphatic rings. The van der Waals surface area contributed by atoms with E-state index in [1.54, 1.807) is 6.33 Å². The average Bonchev–Trinajstić information content (AvgIpc) is 3.43. The van der Waals surface area contributed by atoms with Crippen molar-refractivity contribution in [2.75, 3.05) is 13.1 Å². The zero-order chi connectivity index (χ0) is 24.8. The van der Waals surface area contributed by atoms with E-state index < -0.39 is 0 Å². The van der Waals surface area contributed by atoms with Gasteiger partial charge in [-0.15, -0.1) is 0 Å². The van der Waals surface area contributed by atoms with Gasteiger partial charge in [-0.1, -0.05) is 62.3 Å². The number of piperidine rings is 1. The molecule has 1 saturated heterocycles. The van der Waals surface area contributed by atoms with Gasteiger partial charge in [0, 0.05) is 30.7 Å². The van der Waals surface area contributed by atoms with Crippen molar-refractivity contribution in [3.05, 3.63) is 47.5 Å². The van der Waals surface area contributed by atoms with Crippen LogP contribution in [0.25, 0.3) is 0 Å². The lowest BCUT2D eigenvalue weighted by Crippen LogP contribution is -2.55. The summed E-state index contributed by atoms with van der Waals surface area (Å²) in [7, 11) is 0. The van der Waals surface area contributed by atoms with Crippen molar-refractivity contribution in [1.82, 2.24) is 25.0 Å². The molecule has 1 atom stereocenters. The molecule has 36 heavy (non-hydrogen) atoms. The molecule has 5 rings (SSSR count). The van der Waals surface area contributed by atoms with Crippen LogP contribution in [0.1, 0.15) is 82.6 Å². The molecule has 1 aromatic carbocycles. The van der Waals surface area contributed by atoms with Gasteiger partial charge in [0.25, 0.3) is 0 Å². The molecule has 1 aliphatic heterocycles. The Kier molecular flexibility index (Phi) is 8.63. The lowest BCUT2D eigenvalue weighted by Gasteiger charge is -2.48. The number of rotatable bonds is 8. The van der Waals surface area contributed by atoms with Crippen molar-refractivity contribution in [2.45, 2.75) is 102 Å². The number of hydrogen-bond donors (Lipinski definition) is 1. The third kappa shape index (κ3) is 6.31. The third-order valence-corrected chi connectivity index (χ3v) is 9.43. The van der Waals surface area contributed by atoms with E-state index in [4.69, 9.17) is 11.6 Å². The largest absolute Gasteiger partial charge is 0.341 e. The number of likely N-dealkylation sites (tertiary alicyclic amines) is 1. The van der Waals surface area contributed by atoms with E-state index >= 15 is 0 Å². The SMILES string of the molecule is O=C([C@@H](Cc1ccc(Cl)cc1)NC1CCCCC1)N1CCC(Cn2cncn2)(C2CCCCC2)CC1. The number of nitrogens with one attached hydrogen (secondary N) is 1. The molecule has 2 aromatic rings. The predicted octanol–water partition coefficient (Wildman–Crippen LogP) is 5.65. The van der Waals surface area contributed by atoms with Gasteiger partial charge in [0.2, 0.25) is 5.91 Å². The summed E-state index contributed by atoms with van der Waals surface area (Å²) in [5.74, 6) is 0.992. The molecular formula is C29H42ClN5O. The standard InChI is InChI=1S/C29H42ClN5O/c30-25-13-11-23(12-14-25)19-27(33-26-9-5-2-6-10-26)28(36)34-17-15-29(16-18-34,20-35-22-31-21-32-35)24-7-3-1-4-8-24/h11-14,21-22,24,26-27,33H,1-10,15-20H2/t27-/m1/s1. The highest BCUT2D eigenvalue weighted by Gasteiger charge is 2.43. The minimum atomic E-state index is -0.174. The summed E-state index contributed by atoms with van der Waals surface area (Å²) in [6.45, 7) is 2.61. The molecule has 1 amide bonds. The average molecular weight is 512 g/mol. The molecule has 3 fully saturated rings. The minimum absolute atomic E-state index is 0.174. The zero-order valence-corrected chi connectivity index (χ0v) is 22.3. The number of hydrogen-bond acceptors (Lipinski definition) is 4. The Morgan fingerprint density at radius 2 is 1.67 bits per heavy atom. The van der Waals surface area contributed by atoms with Crippen molar-refractivity contribution in [1.29, 1.82) is 0 Å². The van der Waals surface area contributed by atoms with Gasteiger partial charge in [0.1, 0.15) is 12.7 Å². The van der Waals surface area contributed by atoms with Crippen LogP contribution in [0.2, 0.25) is 5.02 Å². The summed E-state index contributed by atoms with van der Waals surface area (Å²) in [5.41, 5.74) is 1.38. The second-order valence-corrected chi connectivity index (χ2v) is 11.9. The minimum Gasteiger partial charge on any atom is -0.341 e. The molecule has 2 aliphatic carbocycles. The van der Waals surface area contributed by atoms with E-state index in [9.17, 15) is 4.79 Å². The Hall–Kier alpha value is -1.92. The summed E-state index contributed by atoms with van der Waals surface area (Å²) in [6, 6.07) is 8.26. The summed E-state index contributed by atoms with van der Waals surface area (Å²) < 4.78 is 2.03. The first-order valence-corrected chi connectivity index (χ1v) is 14.6. The molecule has 2 heterocycles. The van der Waals surface area contributed by atoms with E-state index in [1.807, 2.05) is 23.1 Å². The Balaban J connectivity index is 1.28. The first-order chi connectivity index (χ1) is 17.6. The molecule has 6 nitrogen and oxygen atoms in total. The van der Waals surface area contributed by atoms with Gasteiger partial charge in [-0.05, 0) is 74.0 Å². The van der Waals surface area contributed by atoms with Crippen LogP contribution in [0.5, 0.6) is 0 Å². The monoisotopic (exact) mass is 511 g/mol. The van der Waals surface area contributed by atoms with Gasteiger partial charge in [-0.25, -0.2) is 4.98 Å². The maximum Gasteiger partial charge on any atom is 0.240 e. The summed E-state index contributed by atoms with van der Waals surface area (Å²) in [4.78, 5) is 20.3. The number of carbonyl (C=O) groups excluding carboxylic acids is 1. The zero-order valence-electron chi connectivity index (χ0n) is 21.6. The van der Waals surface area contributed by atoms with Crippen LogP contribution in [0.3, 0.4) is 0 Å². The first-order valence-electron chi connectivity index (χ1n) is 14.2. The molecule has 1 N–H and O–H groups in total. The normalized spacial score (nSPS) is 22.4. The summed E-state index contributed by atoms with van der Waals surface area (Å²) >= 11 is 6.13. The second kappa shape index (κ2) is 12.1. The predicted molar refractivity (Wildman–Crippen MR) is 144 cm³/mol. The molecule has 7 heteroatoms. The van der Waals surface area contributed by atoms with Crippen molar-refractivity contribution in [3.8, 4) is 0 Å².